The molecule has 6 heteroatoms. The van der Waals surface area contributed by atoms with Gasteiger partial charge >= 0.3 is 5.97 Å². The Labute approximate surface area is 124 Å². The number of hydrogen-bond acceptors (Lipinski definition) is 5. The van der Waals surface area contributed by atoms with E-state index in [-0.39, 0.29) is 5.92 Å². The largest absolute Gasteiger partial charge is 0.480 e. The van der Waals surface area contributed by atoms with Crippen LogP contribution in [0.3, 0.4) is 0 Å². The summed E-state index contributed by atoms with van der Waals surface area (Å²) in [6.07, 6.45) is 7.36. The molecule has 0 aromatic carbocycles. The maximum Gasteiger partial charge on any atom is 0.326 e. The third-order valence-electron chi connectivity index (χ3n) is 4.49. The van der Waals surface area contributed by atoms with Gasteiger partial charge in [0.05, 0.1) is 19.0 Å². The summed E-state index contributed by atoms with van der Waals surface area (Å²) in [5.41, 5.74) is 0. The molecule has 1 saturated carbocycles. The Hall–Kier alpha value is -1.85. The van der Waals surface area contributed by atoms with Gasteiger partial charge in [0.1, 0.15) is 6.04 Å². The summed E-state index contributed by atoms with van der Waals surface area (Å²) in [7, 11) is 0. The number of carboxylic acids is 1. The summed E-state index contributed by atoms with van der Waals surface area (Å²) in [4.78, 5) is 22.1. The molecule has 3 atom stereocenters. The Bertz CT molecular complexity index is 523. The van der Waals surface area contributed by atoms with Gasteiger partial charge in [-0.25, -0.2) is 4.79 Å². The van der Waals surface area contributed by atoms with Crippen molar-refractivity contribution in [2.75, 3.05) is 18.1 Å². The summed E-state index contributed by atoms with van der Waals surface area (Å²) in [6.45, 7) is 3.37. The predicted octanol–water partition coefficient (Wildman–Crippen LogP) is 1.95. The van der Waals surface area contributed by atoms with E-state index in [4.69, 9.17) is 4.74 Å². The summed E-state index contributed by atoms with van der Waals surface area (Å²) in [5.74, 6) is 1.03. The quantitative estimate of drug-likeness (QED) is 0.893. The van der Waals surface area contributed by atoms with E-state index in [1.165, 1.54) is 0 Å². The van der Waals surface area contributed by atoms with Gasteiger partial charge in [-0.15, -0.1) is 0 Å². The number of aromatic nitrogens is 2. The minimum atomic E-state index is -0.758. The first-order valence-electron chi connectivity index (χ1n) is 7.65. The minimum Gasteiger partial charge on any atom is -0.480 e. The molecule has 3 unspecified atom stereocenters. The molecule has 0 bridgehead atoms. The van der Waals surface area contributed by atoms with Crippen LogP contribution in [-0.2, 0) is 4.79 Å². The van der Waals surface area contributed by atoms with Crippen molar-refractivity contribution in [1.82, 2.24) is 9.97 Å². The molecule has 0 spiro atoms. The second kappa shape index (κ2) is 5.87. The molecule has 2 aliphatic rings. The average molecular weight is 291 g/mol. The molecule has 0 radical (unpaired) electrons. The Kier molecular flexibility index (Phi) is 3.94. The topological polar surface area (TPSA) is 75.5 Å². The standard InChI is InChI=1S/C15H21N3O3/c1-2-6-21-13-8-16-7-12(17-13)18-9-10-4-3-5-11(10)14(18)15(19)20/h7-8,10-11,14H,2-6,9H2,1H3,(H,19,20). The second-order valence-electron chi connectivity index (χ2n) is 5.85. The van der Waals surface area contributed by atoms with E-state index in [9.17, 15) is 9.90 Å². The summed E-state index contributed by atoms with van der Waals surface area (Å²) >= 11 is 0. The van der Waals surface area contributed by atoms with Crippen LogP contribution in [0, 0.1) is 11.8 Å². The number of carbonyl (C=O) groups is 1. The van der Waals surface area contributed by atoms with E-state index >= 15 is 0 Å². The maximum absolute atomic E-state index is 11.7. The molecule has 6 nitrogen and oxygen atoms in total. The Balaban J connectivity index is 1.83. The van der Waals surface area contributed by atoms with Crippen molar-refractivity contribution >= 4 is 11.8 Å². The van der Waals surface area contributed by atoms with Crippen LogP contribution in [0.4, 0.5) is 5.82 Å². The fourth-order valence-electron chi connectivity index (χ4n) is 3.61. The smallest absolute Gasteiger partial charge is 0.326 e. The molecule has 1 aliphatic carbocycles. The lowest BCUT2D eigenvalue weighted by Crippen LogP contribution is -2.40. The van der Waals surface area contributed by atoms with Crippen LogP contribution < -0.4 is 9.64 Å². The Morgan fingerprint density at radius 2 is 2.33 bits per heavy atom. The van der Waals surface area contributed by atoms with Gasteiger partial charge in [-0.3, -0.25) is 4.98 Å². The van der Waals surface area contributed by atoms with Gasteiger partial charge in [-0.05, 0) is 31.1 Å². The van der Waals surface area contributed by atoms with Crippen LogP contribution in [0.1, 0.15) is 32.6 Å². The molecule has 1 saturated heterocycles. The van der Waals surface area contributed by atoms with Crippen molar-refractivity contribution in [2.45, 2.75) is 38.6 Å². The summed E-state index contributed by atoms with van der Waals surface area (Å²) < 4.78 is 5.50. The van der Waals surface area contributed by atoms with E-state index in [2.05, 4.69) is 9.97 Å². The van der Waals surface area contributed by atoms with Crippen molar-refractivity contribution in [3.05, 3.63) is 12.4 Å². The van der Waals surface area contributed by atoms with Crippen molar-refractivity contribution in [2.24, 2.45) is 11.8 Å². The molecule has 2 heterocycles. The Morgan fingerprint density at radius 3 is 3.10 bits per heavy atom. The molecule has 1 N–H and O–H groups in total. The van der Waals surface area contributed by atoms with E-state index in [0.717, 1.165) is 32.2 Å². The molecule has 21 heavy (non-hydrogen) atoms. The lowest BCUT2D eigenvalue weighted by atomic mass is 9.94. The second-order valence-corrected chi connectivity index (χ2v) is 5.85. The van der Waals surface area contributed by atoms with Gasteiger partial charge in [0.15, 0.2) is 5.82 Å². The highest BCUT2D eigenvalue weighted by Gasteiger charge is 2.48. The molecular weight excluding hydrogens is 270 g/mol. The van der Waals surface area contributed by atoms with Crippen molar-refractivity contribution < 1.29 is 14.6 Å². The van der Waals surface area contributed by atoms with Crippen LogP contribution in [0.15, 0.2) is 12.4 Å². The lowest BCUT2D eigenvalue weighted by molar-refractivity contribution is -0.139. The number of rotatable bonds is 5. The number of carboxylic acid groups (broad SMARTS) is 1. The van der Waals surface area contributed by atoms with E-state index in [1.54, 1.807) is 12.4 Å². The van der Waals surface area contributed by atoms with Crippen molar-refractivity contribution in [1.29, 1.82) is 0 Å². The van der Waals surface area contributed by atoms with Crippen molar-refractivity contribution in [3.63, 3.8) is 0 Å². The number of aliphatic carboxylic acids is 1. The van der Waals surface area contributed by atoms with Crippen LogP contribution >= 0.6 is 0 Å². The fraction of sp³-hybridized carbons (Fsp3) is 0.667. The molecule has 1 aromatic heterocycles. The van der Waals surface area contributed by atoms with Gasteiger partial charge in [0, 0.05) is 6.54 Å². The zero-order valence-corrected chi connectivity index (χ0v) is 12.2. The molecule has 3 rings (SSSR count). The average Bonchev–Trinajstić information content (AvgIpc) is 3.05. The zero-order chi connectivity index (χ0) is 14.8. The first-order valence-corrected chi connectivity index (χ1v) is 7.65. The molecule has 1 aromatic rings. The van der Waals surface area contributed by atoms with E-state index < -0.39 is 12.0 Å². The predicted molar refractivity (Wildman–Crippen MR) is 77.4 cm³/mol. The third kappa shape index (κ3) is 2.66. The first kappa shape index (κ1) is 14.1. The van der Waals surface area contributed by atoms with Crippen LogP contribution in [0.2, 0.25) is 0 Å². The summed E-state index contributed by atoms with van der Waals surface area (Å²) in [5, 5.41) is 9.58. The number of anilines is 1. The molecular formula is C15H21N3O3. The third-order valence-corrected chi connectivity index (χ3v) is 4.49. The van der Waals surface area contributed by atoms with Crippen LogP contribution in [-0.4, -0.2) is 40.2 Å². The molecule has 2 fully saturated rings. The molecule has 0 amide bonds. The number of hydrogen-bond donors (Lipinski definition) is 1. The number of nitrogens with zero attached hydrogens (tertiary/aromatic N) is 3. The minimum absolute atomic E-state index is 0.240. The SMILES string of the molecule is CCCOc1cncc(N2CC3CCCC3C2C(=O)O)n1. The van der Waals surface area contributed by atoms with Gasteiger partial charge < -0.3 is 14.7 Å². The number of ether oxygens (including phenoxy) is 1. The Morgan fingerprint density at radius 1 is 1.48 bits per heavy atom. The fourth-order valence-corrected chi connectivity index (χ4v) is 3.61. The highest BCUT2D eigenvalue weighted by Crippen LogP contribution is 2.43. The van der Waals surface area contributed by atoms with E-state index in [1.807, 2.05) is 11.8 Å². The zero-order valence-electron chi connectivity index (χ0n) is 12.2. The lowest BCUT2D eigenvalue weighted by Gasteiger charge is -2.25. The monoisotopic (exact) mass is 291 g/mol. The van der Waals surface area contributed by atoms with Gasteiger partial charge in [0.2, 0.25) is 5.88 Å². The van der Waals surface area contributed by atoms with Crippen LogP contribution in [0.5, 0.6) is 5.88 Å². The first-order chi connectivity index (χ1) is 10.2. The maximum atomic E-state index is 11.7. The molecule has 114 valence electrons. The van der Waals surface area contributed by atoms with E-state index in [0.29, 0.717) is 24.2 Å². The highest BCUT2D eigenvalue weighted by atomic mass is 16.5. The van der Waals surface area contributed by atoms with Gasteiger partial charge in [0.25, 0.3) is 0 Å². The van der Waals surface area contributed by atoms with Gasteiger partial charge in [-0.2, -0.15) is 4.98 Å². The van der Waals surface area contributed by atoms with Gasteiger partial charge in [-0.1, -0.05) is 13.3 Å². The van der Waals surface area contributed by atoms with Crippen LogP contribution in [0.25, 0.3) is 0 Å². The molecule has 1 aliphatic heterocycles. The summed E-state index contributed by atoms with van der Waals surface area (Å²) in [6, 6.07) is -0.478. The number of fused-ring (bicyclic) bond motifs is 1. The highest BCUT2D eigenvalue weighted by molar-refractivity contribution is 5.79. The normalized spacial score (nSPS) is 27.7. The van der Waals surface area contributed by atoms with Crippen molar-refractivity contribution in [3.8, 4) is 5.88 Å².